The van der Waals surface area contributed by atoms with E-state index in [2.05, 4.69) is 20.4 Å². The number of nitrogens with zero attached hydrogens (tertiary/aromatic N) is 5. The normalized spacial score (nSPS) is 10.9. The van der Waals surface area contributed by atoms with E-state index in [1.165, 1.54) is 17.8 Å². The number of anilines is 1. The van der Waals surface area contributed by atoms with Crippen molar-refractivity contribution in [1.29, 1.82) is 0 Å². The Hall–Kier alpha value is -2.75. The van der Waals surface area contributed by atoms with Crippen LogP contribution in [0.2, 0.25) is 0 Å². The van der Waals surface area contributed by atoms with Gasteiger partial charge in [-0.05, 0) is 6.08 Å². The molecule has 0 unspecified atom stereocenters. The van der Waals surface area contributed by atoms with Crippen molar-refractivity contribution in [3.63, 3.8) is 0 Å². The largest absolute Gasteiger partial charge is 0.537 e. The van der Waals surface area contributed by atoms with E-state index in [9.17, 15) is 14.7 Å². The molecule has 0 spiro atoms. The van der Waals surface area contributed by atoms with Crippen LogP contribution in [0.3, 0.4) is 0 Å². The van der Waals surface area contributed by atoms with Crippen LogP contribution in [0.15, 0.2) is 34.5 Å². The lowest BCUT2D eigenvalue weighted by atomic mass is 9.81. The second-order valence-electron chi connectivity index (χ2n) is 4.78. The summed E-state index contributed by atoms with van der Waals surface area (Å²) in [5.74, 6) is 0.969. The highest BCUT2D eigenvalue weighted by molar-refractivity contribution is 6.63. The summed E-state index contributed by atoms with van der Waals surface area (Å²) in [5.41, 5.74) is -0.353. The average Bonchev–Trinajstić information content (AvgIpc) is 3.01. The molecule has 0 radical (unpaired) electrons. The van der Waals surface area contributed by atoms with Gasteiger partial charge < -0.3 is 19.5 Å². The van der Waals surface area contributed by atoms with Crippen molar-refractivity contribution in [2.75, 3.05) is 11.9 Å². The summed E-state index contributed by atoms with van der Waals surface area (Å²) in [6.45, 7) is 2.36. The molecule has 0 saturated carbocycles. The van der Waals surface area contributed by atoms with Crippen molar-refractivity contribution in [3.8, 4) is 0 Å². The lowest BCUT2D eigenvalue weighted by molar-refractivity contribution is 0.585. The molecule has 2 N–H and O–H groups in total. The number of aryl methyl sites for hydroxylation is 2. The maximum atomic E-state index is 12.0. The molecule has 0 aromatic carbocycles. The van der Waals surface area contributed by atoms with Crippen LogP contribution < -0.4 is 16.5 Å². The SMILES string of the molecule is CCc1nccn1/C=C\CNc1nc(B(O)N=O)cn(C)c1=O. The van der Waals surface area contributed by atoms with E-state index in [4.69, 9.17) is 0 Å². The third kappa shape index (κ3) is 3.92. The number of aromatic nitrogens is 4. The highest BCUT2D eigenvalue weighted by Gasteiger charge is 2.20. The third-order valence-corrected chi connectivity index (χ3v) is 3.17. The van der Waals surface area contributed by atoms with E-state index in [-0.39, 0.29) is 17.0 Å². The van der Waals surface area contributed by atoms with Crippen molar-refractivity contribution in [3.05, 3.63) is 45.8 Å². The Balaban J connectivity index is 2.10. The molecule has 10 heteroatoms. The lowest BCUT2D eigenvalue weighted by Gasteiger charge is -2.07. The van der Waals surface area contributed by atoms with Gasteiger partial charge >= 0.3 is 7.05 Å². The van der Waals surface area contributed by atoms with Crippen LogP contribution in [0.25, 0.3) is 6.20 Å². The summed E-state index contributed by atoms with van der Waals surface area (Å²) >= 11 is 0. The Labute approximate surface area is 132 Å². The summed E-state index contributed by atoms with van der Waals surface area (Å²) in [4.78, 5) is 30.5. The van der Waals surface area contributed by atoms with Crippen LogP contribution in [-0.4, -0.2) is 37.7 Å². The van der Waals surface area contributed by atoms with Gasteiger partial charge in [0.1, 0.15) is 5.82 Å². The molecule has 2 heterocycles. The molecule has 0 bridgehead atoms. The summed E-state index contributed by atoms with van der Waals surface area (Å²) in [6, 6.07) is 0. The van der Waals surface area contributed by atoms with Gasteiger partial charge in [-0.3, -0.25) is 4.79 Å². The smallest absolute Gasteiger partial charge is 0.424 e. The Bertz CT molecular complexity index is 769. The predicted octanol–water partition coefficient (Wildman–Crippen LogP) is -0.424. The van der Waals surface area contributed by atoms with Crippen LogP contribution >= 0.6 is 0 Å². The van der Waals surface area contributed by atoms with Crippen LogP contribution in [0.4, 0.5) is 5.82 Å². The highest BCUT2D eigenvalue weighted by Crippen LogP contribution is 1.99. The van der Waals surface area contributed by atoms with E-state index in [0.29, 0.717) is 6.54 Å². The maximum Gasteiger partial charge on any atom is 0.537 e. The standard InChI is InChI=1S/C13H17BN6O3/c1-3-11-15-6-8-20(11)7-4-5-16-12-13(21)19(2)9-10(17-12)14(22)18-23/h4,6-9,22H,3,5H2,1-2H3,(H,16,17)/b7-4-. The number of rotatable bonds is 7. The van der Waals surface area contributed by atoms with Gasteiger partial charge in [-0.1, -0.05) is 12.0 Å². The Kier molecular flexibility index (Phi) is 5.42. The summed E-state index contributed by atoms with van der Waals surface area (Å²) in [5, 5.41) is 14.8. The zero-order valence-electron chi connectivity index (χ0n) is 12.9. The fourth-order valence-corrected chi connectivity index (χ4v) is 2.00. The Morgan fingerprint density at radius 3 is 3.00 bits per heavy atom. The molecule has 0 fully saturated rings. The van der Waals surface area contributed by atoms with Crippen LogP contribution in [0.5, 0.6) is 0 Å². The molecule has 0 aliphatic rings. The first-order valence-corrected chi connectivity index (χ1v) is 7.07. The zero-order valence-corrected chi connectivity index (χ0v) is 12.9. The molecule has 0 aliphatic carbocycles. The average molecular weight is 316 g/mol. The zero-order chi connectivity index (χ0) is 16.8. The van der Waals surface area contributed by atoms with E-state index in [0.717, 1.165) is 12.2 Å². The molecule has 2 rings (SSSR count). The molecule has 2 aromatic heterocycles. The van der Waals surface area contributed by atoms with Gasteiger partial charge in [0.25, 0.3) is 5.56 Å². The van der Waals surface area contributed by atoms with Gasteiger partial charge in [-0.25, -0.2) is 9.97 Å². The van der Waals surface area contributed by atoms with Crippen molar-refractivity contribution in [1.82, 2.24) is 19.1 Å². The second-order valence-corrected chi connectivity index (χ2v) is 4.78. The fraction of sp³-hybridized carbons (Fsp3) is 0.308. The highest BCUT2D eigenvalue weighted by atomic mass is 16.3. The lowest BCUT2D eigenvalue weighted by Crippen LogP contribution is -2.37. The topological polar surface area (TPSA) is 114 Å². The monoisotopic (exact) mass is 316 g/mol. The quantitative estimate of drug-likeness (QED) is 0.529. The molecule has 120 valence electrons. The van der Waals surface area contributed by atoms with Gasteiger partial charge in [-0.2, -0.15) is 4.91 Å². The number of nitrogens with one attached hydrogen (secondary N) is 1. The second kappa shape index (κ2) is 7.50. The molecular formula is C13H17BN6O3. The summed E-state index contributed by atoms with van der Waals surface area (Å²) in [6.07, 6.45) is 9.27. The first-order valence-electron chi connectivity index (χ1n) is 7.07. The number of hydrogen-bond donors (Lipinski definition) is 2. The molecule has 0 atom stereocenters. The van der Waals surface area contributed by atoms with Gasteiger partial charge in [0, 0.05) is 44.8 Å². The van der Waals surface area contributed by atoms with Crippen molar-refractivity contribution >= 4 is 24.7 Å². The first-order chi connectivity index (χ1) is 11.1. The van der Waals surface area contributed by atoms with Gasteiger partial charge in [0.2, 0.25) is 0 Å². The predicted molar refractivity (Wildman–Crippen MR) is 88.3 cm³/mol. The number of hydrogen-bond acceptors (Lipinski definition) is 7. The molecule has 9 nitrogen and oxygen atoms in total. The minimum Gasteiger partial charge on any atom is -0.424 e. The van der Waals surface area contributed by atoms with Crippen molar-refractivity contribution < 1.29 is 5.02 Å². The summed E-state index contributed by atoms with van der Waals surface area (Å²) < 4.78 is 3.11. The molecule has 0 aliphatic heterocycles. The Morgan fingerprint density at radius 2 is 2.30 bits per heavy atom. The Morgan fingerprint density at radius 1 is 1.52 bits per heavy atom. The maximum absolute atomic E-state index is 12.0. The van der Waals surface area contributed by atoms with E-state index in [1.807, 2.05) is 30.0 Å². The molecule has 0 amide bonds. The fourth-order valence-electron chi connectivity index (χ4n) is 2.00. The van der Waals surface area contributed by atoms with Crippen molar-refractivity contribution in [2.24, 2.45) is 12.1 Å². The van der Waals surface area contributed by atoms with Crippen LogP contribution in [0, 0.1) is 4.91 Å². The molecular weight excluding hydrogens is 299 g/mol. The van der Waals surface area contributed by atoms with Crippen LogP contribution in [-0.2, 0) is 13.5 Å². The van der Waals surface area contributed by atoms with E-state index >= 15 is 0 Å². The van der Waals surface area contributed by atoms with Gasteiger partial charge in [0.15, 0.2) is 5.82 Å². The molecule has 0 saturated heterocycles. The third-order valence-electron chi connectivity index (χ3n) is 3.17. The first kappa shape index (κ1) is 16.6. The van der Waals surface area contributed by atoms with E-state index < -0.39 is 7.05 Å². The molecule has 2 aromatic rings. The van der Waals surface area contributed by atoms with Crippen LogP contribution in [0.1, 0.15) is 12.7 Å². The minimum atomic E-state index is -1.60. The van der Waals surface area contributed by atoms with E-state index in [1.54, 1.807) is 6.20 Å². The number of imidazole rings is 1. The van der Waals surface area contributed by atoms with Gasteiger partial charge in [0.05, 0.1) is 5.59 Å². The minimum absolute atomic E-state index is 0.0106. The molecule has 23 heavy (non-hydrogen) atoms. The van der Waals surface area contributed by atoms with Gasteiger partial charge in [-0.15, -0.1) is 0 Å². The van der Waals surface area contributed by atoms with Crippen molar-refractivity contribution in [2.45, 2.75) is 13.3 Å². The summed E-state index contributed by atoms with van der Waals surface area (Å²) in [7, 11) is -0.0959. The number of nitroso groups, excluding NO2 is 1.